The van der Waals surface area contributed by atoms with Gasteiger partial charge >= 0.3 is 0 Å². The summed E-state index contributed by atoms with van der Waals surface area (Å²) in [7, 11) is 1.95. The molecule has 0 fully saturated rings. The maximum atomic E-state index is 4.36. The van der Waals surface area contributed by atoms with Gasteiger partial charge in [-0.3, -0.25) is 5.01 Å². The Bertz CT molecular complexity index is 420. The zero-order valence-corrected chi connectivity index (χ0v) is 9.32. The standard InChI is InChI=1S/C12H12N2S/c1-14(12-8-5-9-15-12)13-10-11-6-3-2-4-7-11/h2-10H,1H3. The van der Waals surface area contributed by atoms with Crippen molar-refractivity contribution < 1.29 is 0 Å². The normalized spacial score (nSPS) is 10.7. The van der Waals surface area contributed by atoms with Crippen LogP contribution in [0.5, 0.6) is 0 Å². The summed E-state index contributed by atoms with van der Waals surface area (Å²) in [6, 6.07) is 14.2. The topological polar surface area (TPSA) is 15.6 Å². The van der Waals surface area contributed by atoms with Gasteiger partial charge in [-0.15, -0.1) is 11.3 Å². The molecule has 76 valence electrons. The summed E-state index contributed by atoms with van der Waals surface area (Å²) < 4.78 is 0. The lowest BCUT2D eigenvalue weighted by molar-refractivity contribution is 1.04. The van der Waals surface area contributed by atoms with Crippen molar-refractivity contribution in [2.24, 2.45) is 5.10 Å². The van der Waals surface area contributed by atoms with Gasteiger partial charge in [0.2, 0.25) is 0 Å². The summed E-state index contributed by atoms with van der Waals surface area (Å²) in [5.41, 5.74) is 1.11. The van der Waals surface area contributed by atoms with E-state index in [9.17, 15) is 0 Å². The summed E-state index contributed by atoms with van der Waals surface area (Å²) in [4.78, 5) is 0. The molecular weight excluding hydrogens is 204 g/mol. The number of hydrazone groups is 1. The van der Waals surface area contributed by atoms with Crippen molar-refractivity contribution in [2.45, 2.75) is 0 Å². The Morgan fingerprint density at radius 2 is 1.93 bits per heavy atom. The van der Waals surface area contributed by atoms with Crippen molar-refractivity contribution in [2.75, 3.05) is 12.1 Å². The van der Waals surface area contributed by atoms with Crippen LogP contribution in [-0.2, 0) is 0 Å². The third kappa shape index (κ3) is 2.67. The molecule has 0 unspecified atom stereocenters. The second kappa shape index (κ2) is 4.75. The van der Waals surface area contributed by atoms with Crippen molar-refractivity contribution in [1.29, 1.82) is 0 Å². The van der Waals surface area contributed by atoms with Crippen molar-refractivity contribution in [3.63, 3.8) is 0 Å². The van der Waals surface area contributed by atoms with Gasteiger partial charge in [-0.1, -0.05) is 30.3 Å². The lowest BCUT2D eigenvalue weighted by atomic mass is 10.2. The number of nitrogens with zero attached hydrogens (tertiary/aromatic N) is 2. The van der Waals surface area contributed by atoms with Gasteiger partial charge in [-0.05, 0) is 23.1 Å². The van der Waals surface area contributed by atoms with Crippen LogP contribution in [0.25, 0.3) is 0 Å². The lowest BCUT2D eigenvalue weighted by Crippen LogP contribution is -2.06. The zero-order valence-electron chi connectivity index (χ0n) is 8.50. The fourth-order valence-electron chi connectivity index (χ4n) is 1.20. The van der Waals surface area contributed by atoms with E-state index in [1.54, 1.807) is 11.3 Å². The van der Waals surface area contributed by atoms with E-state index in [0.29, 0.717) is 0 Å². The SMILES string of the molecule is CN(N=Cc1ccccc1)c1cccs1. The lowest BCUT2D eigenvalue weighted by Gasteiger charge is -2.08. The third-order valence-corrected chi connectivity index (χ3v) is 2.94. The van der Waals surface area contributed by atoms with Crippen LogP contribution < -0.4 is 5.01 Å². The van der Waals surface area contributed by atoms with E-state index in [1.807, 2.05) is 66.1 Å². The molecule has 3 heteroatoms. The third-order valence-electron chi connectivity index (χ3n) is 2.00. The number of anilines is 1. The molecule has 0 radical (unpaired) electrons. The van der Waals surface area contributed by atoms with Gasteiger partial charge in [0.15, 0.2) is 0 Å². The number of thiophene rings is 1. The molecule has 0 N–H and O–H groups in total. The molecule has 0 aliphatic heterocycles. The van der Waals surface area contributed by atoms with Gasteiger partial charge in [0.1, 0.15) is 5.00 Å². The second-order valence-electron chi connectivity index (χ2n) is 3.13. The molecule has 15 heavy (non-hydrogen) atoms. The predicted molar refractivity (Wildman–Crippen MR) is 66.8 cm³/mol. The van der Waals surface area contributed by atoms with Crippen LogP contribution in [0.2, 0.25) is 0 Å². The predicted octanol–water partition coefficient (Wildman–Crippen LogP) is 3.22. The summed E-state index contributed by atoms with van der Waals surface area (Å²) in [6.07, 6.45) is 1.86. The largest absolute Gasteiger partial charge is 0.259 e. The van der Waals surface area contributed by atoms with E-state index in [0.717, 1.165) is 10.6 Å². The van der Waals surface area contributed by atoms with Crippen LogP contribution in [-0.4, -0.2) is 13.3 Å². The molecule has 1 heterocycles. The maximum Gasteiger partial charge on any atom is 0.111 e. The summed E-state index contributed by atoms with van der Waals surface area (Å²) in [5, 5.41) is 9.41. The van der Waals surface area contributed by atoms with E-state index < -0.39 is 0 Å². The molecule has 2 aromatic rings. The minimum Gasteiger partial charge on any atom is -0.259 e. The number of hydrogen-bond acceptors (Lipinski definition) is 3. The van der Waals surface area contributed by atoms with Gasteiger partial charge in [-0.2, -0.15) is 5.10 Å². The number of benzene rings is 1. The molecule has 0 saturated carbocycles. The van der Waals surface area contributed by atoms with Crippen molar-refractivity contribution in [3.05, 3.63) is 53.4 Å². The van der Waals surface area contributed by atoms with E-state index in [1.165, 1.54) is 0 Å². The Morgan fingerprint density at radius 1 is 1.13 bits per heavy atom. The molecule has 0 spiro atoms. The van der Waals surface area contributed by atoms with Gasteiger partial charge in [-0.25, -0.2) is 0 Å². The summed E-state index contributed by atoms with van der Waals surface area (Å²) >= 11 is 1.68. The Kier molecular flexibility index (Phi) is 3.15. The highest BCUT2D eigenvalue weighted by molar-refractivity contribution is 7.14. The highest BCUT2D eigenvalue weighted by Crippen LogP contribution is 2.19. The average Bonchev–Trinajstić information content (AvgIpc) is 2.81. The Hall–Kier alpha value is -1.61. The first-order chi connectivity index (χ1) is 7.36. The van der Waals surface area contributed by atoms with Gasteiger partial charge in [0.25, 0.3) is 0 Å². The van der Waals surface area contributed by atoms with Gasteiger partial charge in [0, 0.05) is 7.05 Å². The van der Waals surface area contributed by atoms with Crippen LogP contribution in [0.1, 0.15) is 5.56 Å². The van der Waals surface area contributed by atoms with Gasteiger partial charge in [0.05, 0.1) is 6.21 Å². The van der Waals surface area contributed by atoms with E-state index in [2.05, 4.69) is 5.10 Å². The molecule has 0 saturated heterocycles. The quantitative estimate of drug-likeness (QED) is 0.568. The highest BCUT2D eigenvalue weighted by Gasteiger charge is 1.96. The fraction of sp³-hybridized carbons (Fsp3) is 0.0833. The minimum atomic E-state index is 1.11. The molecular formula is C12H12N2S. The number of hydrogen-bond donors (Lipinski definition) is 0. The molecule has 2 nitrogen and oxygen atoms in total. The fourth-order valence-corrected chi connectivity index (χ4v) is 1.86. The van der Waals surface area contributed by atoms with Crippen molar-refractivity contribution in [3.8, 4) is 0 Å². The monoisotopic (exact) mass is 216 g/mol. The minimum absolute atomic E-state index is 1.11. The van der Waals surface area contributed by atoms with Crippen molar-refractivity contribution in [1.82, 2.24) is 0 Å². The molecule has 0 aliphatic carbocycles. The average molecular weight is 216 g/mol. The molecule has 0 aliphatic rings. The van der Waals surface area contributed by atoms with E-state index >= 15 is 0 Å². The van der Waals surface area contributed by atoms with E-state index in [4.69, 9.17) is 0 Å². The van der Waals surface area contributed by atoms with Crippen LogP contribution in [0, 0.1) is 0 Å². The van der Waals surface area contributed by atoms with Crippen LogP contribution in [0.15, 0.2) is 52.9 Å². The van der Waals surface area contributed by atoms with Crippen LogP contribution in [0.4, 0.5) is 5.00 Å². The van der Waals surface area contributed by atoms with Gasteiger partial charge < -0.3 is 0 Å². The van der Waals surface area contributed by atoms with Crippen LogP contribution >= 0.6 is 11.3 Å². The molecule has 1 aromatic heterocycles. The Morgan fingerprint density at radius 3 is 2.60 bits per heavy atom. The first kappa shape index (κ1) is 9.93. The Labute approximate surface area is 93.5 Å². The molecule has 0 atom stereocenters. The Balaban J connectivity index is 2.06. The summed E-state index contributed by atoms with van der Waals surface area (Å²) in [6.45, 7) is 0. The number of rotatable bonds is 3. The first-order valence-electron chi connectivity index (χ1n) is 4.72. The van der Waals surface area contributed by atoms with Crippen LogP contribution in [0.3, 0.4) is 0 Å². The highest BCUT2D eigenvalue weighted by atomic mass is 32.1. The maximum absolute atomic E-state index is 4.36. The molecule has 1 aromatic carbocycles. The van der Waals surface area contributed by atoms with Crippen molar-refractivity contribution >= 4 is 22.6 Å². The molecule has 0 amide bonds. The molecule has 0 bridgehead atoms. The summed E-state index contributed by atoms with van der Waals surface area (Å²) in [5.74, 6) is 0. The zero-order chi connectivity index (χ0) is 10.5. The molecule has 2 rings (SSSR count). The first-order valence-corrected chi connectivity index (χ1v) is 5.60. The van der Waals surface area contributed by atoms with E-state index in [-0.39, 0.29) is 0 Å². The second-order valence-corrected chi connectivity index (χ2v) is 4.06. The smallest absolute Gasteiger partial charge is 0.111 e.